The van der Waals surface area contributed by atoms with Crippen molar-refractivity contribution < 1.29 is 9.90 Å². The standard InChI is InChI=1S/C15H20N4O2/c1-15(2,4-8-20)10-18-14(21)12-3-5-17-13(9-12)19-7-6-16-11-19/h3,5-7,9,11,20H,4,8,10H2,1-2H3,(H,18,21). The van der Waals surface area contributed by atoms with Gasteiger partial charge in [0.25, 0.3) is 5.91 Å². The molecule has 0 bridgehead atoms. The summed E-state index contributed by atoms with van der Waals surface area (Å²) in [5.74, 6) is 0.500. The highest BCUT2D eigenvalue weighted by molar-refractivity contribution is 5.94. The molecule has 21 heavy (non-hydrogen) atoms. The van der Waals surface area contributed by atoms with Gasteiger partial charge in [0.05, 0.1) is 0 Å². The number of hydrogen-bond acceptors (Lipinski definition) is 4. The maximum Gasteiger partial charge on any atom is 0.251 e. The summed E-state index contributed by atoms with van der Waals surface area (Å²) in [4.78, 5) is 20.4. The first-order chi connectivity index (χ1) is 10.0. The maximum atomic E-state index is 12.2. The van der Waals surface area contributed by atoms with Crippen molar-refractivity contribution in [2.75, 3.05) is 13.2 Å². The minimum absolute atomic E-state index is 0.114. The van der Waals surface area contributed by atoms with Gasteiger partial charge in [0.15, 0.2) is 0 Å². The molecule has 0 saturated heterocycles. The van der Waals surface area contributed by atoms with E-state index in [4.69, 9.17) is 5.11 Å². The lowest BCUT2D eigenvalue weighted by Crippen LogP contribution is -2.34. The number of carbonyl (C=O) groups excluding carboxylic acids is 1. The Morgan fingerprint density at radius 3 is 2.90 bits per heavy atom. The largest absolute Gasteiger partial charge is 0.396 e. The third kappa shape index (κ3) is 4.13. The van der Waals surface area contributed by atoms with E-state index in [2.05, 4.69) is 15.3 Å². The van der Waals surface area contributed by atoms with E-state index in [1.165, 1.54) is 0 Å². The first-order valence-electron chi connectivity index (χ1n) is 6.85. The lowest BCUT2D eigenvalue weighted by atomic mass is 9.89. The Bertz CT molecular complexity index is 593. The summed E-state index contributed by atoms with van der Waals surface area (Å²) in [5.41, 5.74) is 0.415. The van der Waals surface area contributed by atoms with Gasteiger partial charge in [0.2, 0.25) is 0 Å². The molecule has 0 aromatic carbocycles. The summed E-state index contributed by atoms with van der Waals surface area (Å²) in [6.45, 7) is 4.64. The molecule has 2 N–H and O–H groups in total. The number of pyridine rings is 1. The van der Waals surface area contributed by atoms with Gasteiger partial charge in [-0.25, -0.2) is 9.97 Å². The summed E-state index contributed by atoms with van der Waals surface area (Å²) in [7, 11) is 0. The number of aliphatic hydroxyl groups is 1. The van der Waals surface area contributed by atoms with Crippen molar-refractivity contribution in [3.63, 3.8) is 0 Å². The van der Waals surface area contributed by atoms with Gasteiger partial charge in [-0.05, 0) is 24.0 Å². The van der Waals surface area contributed by atoms with Gasteiger partial charge >= 0.3 is 0 Å². The van der Waals surface area contributed by atoms with Crippen molar-refractivity contribution in [1.82, 2.24) is 19.9 Å². The molecule has 2 aromatic rings. The van der Waals surface area contributed by atoms with Crippen molar-refractivity contribution in [3.05, 3.63) is 42.6 Å². The zero-order chi connectivity index (χ0) is 15.3. The smallest absolute Gasteiger partial charge is 0.251 e. The van der Waals surface area contributed by atoms with Gasteiger partial charge in [0, 0.05) is 37.3 Å². The molecule has 0 aliphatic rings. The van der Waals surface area contributed by atoms with Crippen LogP contribution in [0.4, 0.5) is 0 Å². The van der Waals surface area contributed by atoms with Crippen LogP contribution in [0.3, 0.4) is 0 Å². The third-order valence-electron chi connectivity index (χ3n) is 3.29. The van der Waals surface area contributed by atoms with Crippen LogP contribution in [-0.2, 0) is 0 Å². The molecule has 0 aliphatic carbocycles. The molecule has 0 aliphatic heterocycles. The van der Waals surface area contributed by atoms with Gasteiger partial charge in [-0.3, -0.25) is 9.36 Å². The normalized spacial score (nSPS) is 11.4. The number of aromatic nitrogens is 3. The summed E-state index contributed by atoms with van der Waals surface area (Å²) in [6, 6.07) is 3.39. The predicted octanol–water partition coefficient (Wildman–Crippen LogP) is 1.41. The van der Waals surface area contributed by atoms with Crippen molar-refractivity contribution >= 4 is 5.91 Å². The fourth-order valence-electron chi connectivity index (χ4n) is 1.91. The molecule has 0 radical (unpaired) electrons. The molecule has 0 saturated carbocycles. The zero-order valence-corrected chi connectivity index (χ0v) is 12.3. The van der Waals surface area contributed by atoms with E-state index in [9.17, 15) is 4.79 Å². The Balaban J connectivity index is 2.05. The van der Waals surface area contributed by atoms with Crippen molar-refractivity contribution in [1.29, 1.82) is 0 Å². The van der Waals surface area contributed by atoms with E-state index in [0.29, 0.717) is 24.3 Å². The molecule has 1 amide bonds. The Morgan fingerprint density at radius 2 is 2.24 bits per heavy atom. The van der Waals surface area contributed by atoms with Crippen LogP contribution >= 0.6 is 0 Å². The first kappa shape index (κ1) is 15.2. The van der Waals surface area contributed by atoms with E-state index in [1.807, 2.05) is 13.8 Å². The van der Waals surface area contributed by atoms with E-state index >= 15 is 0 Å². The predicted molar refractivity (Wildman–Crippen MR) is 79.2 cm³/mol. The lowest BCUT2D eigenvalue weighted by Gasteiger charge is -2.23. The van der Waals surface area contributed by atoms with Crippen molar-refractivity contribution in [2.24, 2.45) is 5.41 Å². The number of carbonyl (C=O) groups is 1. The highest BCUT2D eigenvalue weighted by atomic mass is 16.3. The molecule has 0 fully saturated rings. The molecule has 0 unspecified atom stereocenters. The number of aliphatic hydroxyl groups excluding tert-OH is 1. The summed E-state index contributed by atoms with van der Waals surface area (Å²) >= 11 is 0. The molecule has 2 aromatic heterocycles. The van der Waals surface area contributed by atoms with E-state index in [-0.39, 0.29) is 17.9 Å². The number of hydrogen-bond donors (Lipinski definition) is 2. The van der Waals surface area contributed by atoms with Crippen molar-refractivity contribution in [3.8, 4) is 5.82 Å². The monoisotopic (exact) mass is 288 g/mol. The number of amides is 1. The second-order valence-electron chi connectivity index (χ2n) is 5.69. The second kappa shape index (κ2) is 6.49. The van der Waals surface area contributed by atoms with E-state index in [0.717, 1.165) is 0 Å². The molecule has 0 spiro atoms. The topological polar surface area (TPSA) is 80.0 Å². The summed E-state index contributed by atoms with van der Waals surface area (Å²) in [5, 5.41) is 11.9. The van der Waals surface area contributed by atoms with Crippen LogP contribution in [0.1, 0.15) is 30.6 Å². The van der Waals surface area contributed by atoms with Crippen LogP contribution < -0.4 is 5.32 Å². The third-order valence-corrected chi connectivity index (χ3v) is 3.29. The first-order valence-corrected chi connectivity index (χ1v) is 6.85. The van der Waals surface area contributed by atoms with Crippen LogP contribution in [0.5, 0.6) is 0 Å². The molecule has 6 nitrogen and oxygen atoms in total. The van der Waals surface area contributed by atoms with Crippen LogP contribution in [0, 0.1) is 5.41 Å². The van der Waals surface area contributed by atoms with Gasteiger partial charge in [-0.1, -0.05) is 13.8 Å². The highest BCUT2D eigenvalue weighted by Crippen LogP contribution is 2.18. The Hall–Kier alpha value is -2.21. The van der Waals surface area contributed by atoms with E-state index in [1.54, 1.807) is 41.6 Å². The Kier molecular flexibility index (Phi) is 4.70. The molecule has 2 rings (SSSR count). The van der Waals surface area contributed by atoms with Crippen LogP contribution in [0.15, 0.2) is 37.1 Å². The van der Waals surface area contributed by atoms with Crippen molar-refractivity contribution in [2.45, 2.75) is 20.3 Å². The summed E-state index contributed by atoms with van der Waals surface area (Å²) in [6.07, 6.45) is 7.31. The molecule has 0 atom stereocenters. The second-order valence-corrected chi connectivity index (χ2v) is 5.69. The molecular weight excluding hydrogens is 268 g/mol. The minimum Gasteiger partial charge on any atom is -0.396 e. The molecule has 2 heterocycles. The fourth-order valence-corrected chi connectivity index (χ4v) is 1.91. The lowest BCUT2D eigenvalue weighted by molar-refractivity contribution is 0.0928. The number of imidazole rings is 1. The average Bonchev–Trinajstić information content (AvgIpc) is 2.99. The van der Waals surface area contributed by atoms with Gasteiger partial charge in [-0.2, -0.15) is 0 Å². The quantitative estimate of drug-likeness (QED) is 0.842. The van der Waals surface area contributed by atoms with Gasteiger partial charge in [-0.15, -0.1) is 0 Å². The Labute approximate surface area is 123 Å². The van der Waals surface area contributed by atoms with Gasteiger partial charge in [0.1, 0.15) is 12.1 Å². The highest BCUT2D eigenvalue weighted by Gasteiger charge is 2.18. The fraction of sp³-hybridized carbons (Fsp3) is 0.400. The number of rotatable bonds is 6. The van der Waals surface area contributed by atoms with Gasteiger partial charge < -0.3 is 10.4 Å². The van der Waals surface area contributed by atoms with E-state index < -0.39 is 0 Å². The molecular formula is C15H20N4O2. The van der Waals surface area contributed by atoms with Crippen LogP contribution in [-0.4, -0.2) is 38.7 Å². The average molecular weight is 288 g/mol. The molecule has 112 valence electrons. The summed E-state index contributed by atoms with van der Waals surface area (Å²) < 4.78 is 1.74. The van der Waals surface area contributed by atoms with Crippen LogP contribution in [0.2, 0.25) is 0 Å². The number of nitrogens with one attached hydrogen (secondary N) is 1. The minimum atomic E-state index is -0.148. The molecule has 6 heteroatoms. The zero-order valence-electron chi connectivity index (χ0n) is 12.3. The SMILES string of the molecule is CC(C)(CCO)CNC(=O)c1ccnc(-n2ccnc2)c1. The van der Waals surface area contributed by atoms with Crippen LogP contribution in [0.25, 0.3) is 5.82 Å². The number of nitrogens with zero attached hydrogens (tertiary/aromatic N) is 3. The Morgan fingerprint density at radius 1 is 1.43 bits per heavy atom. The maximum absolute atomic E-state index is 12.2.